The average Bonchev–Trinajstić information content (AvgIpc) is 2.33. The van der Waals surface area contributed by atoms with Gasteiger partial charge >= 0.3 is 0 Å². The molecule has 0 aliphatic rings. The number of hydrogen-bond acceptors (Lipinski definition) is 3. The Morgan fingerprint density at radius 3 is 1.74 bits per heavy atom. The summed E-state index contributed by atoms with van der Waals surface area (Å²) in [5, 5.41) is 0.334. The standard InChI is InChI=1S/C18H38O3Si2/c1-17(2,3)22(7,8)20-14-12-11-13-16(15-19)21-23(9,10)18(4,5)6/h11-12,15-16H,13-14H2,1-10H3/b12-11+/t16-/m0/s1. The van der Waals surface area contributed by atoms with Crippen molar-refractivity contribution in [3.63, 3.8) is 0 Å². The molecule has 0 saturated heterocycles. The van der Waals surface area contributed by atoms with E-state index in [1.165, 1.54) is 0 Å². The summed E-state index contributed by atoms with van der Waals surface area (Å²) in [6.45, 7) is 22.7. The molecule has 0 unspecified atom stereocenters. The topological polar surface area (TPSA) is 35.5 Å². The third kappa shape index (κ3) is 7.46. The molecule has 136 valence electrons. The van der Waals surface area contributed by atoms with Crippen molar-refractivity contribution in [3.8, 4) is 0 Å². The van der Waals surface area contributed by atoms with E-state index in [9.17, 15) is 4.79 Å². The number of aldehydes is 1. The molecular formula is C18H38O3Si2. The number of rotatable bonds is 8. The first-order valence-electron chi connectivity index (χ1n) is 8.56. The lowest BCUT2D eigenvalue weighted by atomic mass is 10.2. The van der Waals surface area contributed by atoms with Crippen LogP contribution in [0.4, 0.5) is 0 Å². The Morgan fingerprint density at radius 1 is 0.870 bits per heavy atom. The summed E-state index contributed by atoms with van der Waals surface area (Å²) in [5.41, 5.74) is 0. The maximum atomic E-state index is 11.3. The summed E-state index contributed by atoms with van der Waals surface area (Å²) >= 11 is 0. The molecular weight excluding hydrogens is 320 g/mol. The Hall–Kier alpha value is -0.236. The zero-order valence-corrected chi connectivity index (χ0v) is 18.9. The summed E-state index contributed by atoms with van der Waals surface area (Å²) in [5.74, 6) is 0. The quantitative estimate of drug-likeness (QED) is 0.324. The molecule has 0 aromatic rings. The SMILES string of the molecule is CC(C)(C)[Si](C)(C)OC/C=C/C[C@@H](C=O)O[Si](C)(C)C(C)(C)C. The van der Waals surface area contributed by atoms with Gasteiger partial charge in [0.25, 0.3) is 0 Å². The van der Waals surface area contributed by atoms with Gasteiger partial charge in [0.15, 0.2) is 16.6 Å². The van der Waals surface area contributed by atoms with Crippen molar-refractivity contribution in [1.82, 2.24) is 0 Å². The summed E-state index contributed by atoms with van der Waals surface area (Å²) in [4.78, 5) is 11.3. The van der Waals surface area contributed by atoms with Crippen LogP contribution in [0.5, 0.6) is 0 Å². The molecule has 0 aromatic carbocycles. The van der Waals surface area contributed by atoms with Gasteiger partial charge in [-0.25, -0.2) is 0 Å². The normalized spacial score (nSPS) is 15.9. The minimum absolute atomic E-state index is 0.115. The molecule has 5 heteroatoms. The van der Waals surface area contributed by atoms with Crippen LogP contribution in [-0.2, 0) is 13.6 Å². The number of carbonyl (C=O) groups excluding carboxylic acids is 1. The molecule has 1 atom stereocenters. The van der Waals surface area contributed by atoms with E-state index in [-0.39, 0.29) is 16.2 Å². The van der Waals surface area contributed by atoms with E-state index in [1.54, 1.807) is 0 Å². The van der Waals surface area contributed by atoms with Gasteiger partial charge in [0.2, 0.25) is 0 Å². The minimum atomic E-state index is -1.90. The highest BCUT2D eigenvalue weighted by Gasteiger charge is 2.39. The highest BCUT2D eigenvalue weighted by atomic mass is 28.4. The van der Waals surface area contributed by atoms with E-state index in [0.717, 1.165) is 6.29 Å². The van der Waals surface area contributed by atoms with Gasteiger partial charge in [0, 0.05) is 0 Å². The molecule has 23 heavy (non-hydrogen) atoms. The zero-order chi connectivity index (χ0) is 18.5. The number of carbonyl (C=O) groups is 1. The van der Waals surface area contributed by atoms with Gasteiger partial charge < -0.3 is 13.6 Å². The van der Waals surface area contributed by atoms with Crippen molar-refractivity contribution in [2.75, 3.05) is 6.61 Å². The van der Waals surface area contributed by atoms with Gasteiger partial charge in [-0.3, -0.25) is 0 Å². The molecule has 3 nitrogen and oxygen atoms in total. The first kappa shape index (κ1) is 22.8. The first-order valence-corrected chi connectivity index (χ1v) is 14.4. The molecule has 0 radical (unpaired) electrons. The Morgan fingerprint density at radius 2 is 1.35 bits per heavy atom. The molecule has 0 amide bonds. The fourth-order valence-electron chi connectivity index (χ4n) is 1.46. The van der Waals surface area contributed by atoms with E-state index in [1.807, 2.05) is 12.2 Å². The van der Waals surface area contributed by atoms with Gasteiger partial charge in [0.1, 0.15) is 12.4 Å². The van der Waals surface area contributed by atoms with Crippen molar-refractivity contribution < 1.29 is 13.6 Å². The van der Waals surface area contributed by atoms with Crippen molar-refractivity contribution in [2.24, 2.45) is 0 Å². The molecule has 0 fully saturated rings. The predicted molar refractivity (Wildman–Crippen MR) is 105 cm³/mol. The van der Waals surface area contributed by atoms with Crippen molar-refractivity contribution in [1.29, 1.82) is 0 Å². The summed E-state index contributed by atoms with van der Waals surface area (Å²) < 4.78 is 12.2. The lowest BCUT2D eigenvalue weighted by molar-refractivity contribution is -0.114. The van der Waals surface area contributed by atoms with Gasteiger partial charge in [-0.1, -0.05) is 53.7 Å². The lowest BCUT2D eigenvalue weighted by Gasteiger charge is -2.37. The van der Waals surface area contributed by atoms with E-state index in [2.05, 4.69) is 67.7 Å². The van der Waals surface area contributed by atoms with Crippen LogP contribution in [-0.4, -0.2) is 35.6 Å². The zero-order valence-electron chi connectivity index (χ0n) is 16.9. The summed E-state index contributed by atoms with van der Waals surface area (Å²) in [7, 11) is -3.60. The molecule has 0 saturated carbocycles. The average molecular weight is 359 g/mol. The molecule has 0 N–H and O–H groups in total. The molecule has 0 aromatic heterocycles. The highest BCUT2D eigenvalue weighted by molar-refractivity contribution is 6.74. The summed E-state index contributed by atoms with van der Waals surface area (Å²) in [6.07, 6.45) is 5.24. The predicted octanol–water partition coefficient (Wildman–Crippen LogP) is 5.54. The number of hydrogen-bond donors (Lipinski definition) is 0. The second-order valence-corrected chi connectivity index (χ2v) is 18.9. The molecule has 0 aliphatic heterocycles. The fraction of sp³-hybridized carbons (Fsp3) is 0.833. The first-order chi connectivity index (χ1) is 10.1. The van der Waals surface area contributed by atoms with Gasteiger partial charge in [-0.2, -0.15) is 0 Å². The van der Waals surface area contributed by atoms with Gasteiger partial charge in [-0.15, -0.1) is 0 Å². The second-order valence-electron chi connectivity index (χ2n) is 9.33. The van der Waals surface area contributed by atoms with Crippen LogP contribution < -0.4 is 0 Å². The Balaban J connectivity index is 4.46. The van der Waals surface area contributed by atoms with Gasteiger partial charge in [0.05, 0.1) is 6.61 Å². The van der Waals surface area contributed by atoms with Crippen molar-refractivity contribution >= 4 is 22.9 Å². The maximum absolute atomic E-state index is 11.3. The van der Waals surface area contributed by atoms with E-state index in [4.69, 9.17) is 8.85 Å². The molecule has 0 rings (SSSR count). The largest absolute Gasteiger partial charge is 0.413 e. The Labute approximate surface area is 146 Å². The second kappa shape index (κ2) is 8.23. The van der Waals surface area contributed by atoms with E-state index >= 15 is 0 Å². The van der Waals surface area contributed by atoms with Crippen molar-refractivity contribution in [3.05, 3.63) is 12.2 Å². The molecule has 0 bridgehead atoms. The minimum Gasteiger partial charge on any atom is -0.413 e. The Bertz CT molecular complexity index is 401. The monoisotopic (exact) mass is 358 g/mol. The van der Waals surface area contributed by atoms with Crippen LogP contribution in [0.25, 0.3) is 0 Å². The van der Waals surface area contributed by atoms with Gasteiger partial charge in [-0.05, 0) is 42.7 Å². The van der Waals surface area contributed by atoms with Crippen LogP contribution in [0, 0.1) is 0 Å². The molecule has 0 heterocycles. The van der Waals surface area contributed by atoms with Crippen LogP contribution in [0.3, 0.4) is 0 Å². The maximum Gasteiger partial charge on any atom is 0.193 e. The molecule has 0 spiro atoms. The van der Waals surface area contributed by atoms with Crippen LogP contribution in [0.2, 0.25) is 36.3 Å². The molecule has 0 aliphatic carbocycles. The Kier molecular flexibility index (Phi) is 8.15. The summed E-state index contributed by atoms with van der Waals surface area (Å²) in [6, 6.07) is 0. The third-order valence-electron chi connectivity index (χ3n) is 5.29. The van der Waals surface area contributed by atoms with Crippen molar-refractivity contribution in [2.45, 2.75) is 90.3 Å². The lowest BCUT2D eigenvalue weighted by Crippen LogP contribution is -2.44. The third-order valence-corrected chi connectivity index (χ3v) is 14.3. The smallest absolute Gasteiger partial charge is 0.193 e. The van der Waals surface area contributed by atoms with E-state index in [0.29, 0.717) is 13.0 Å². The highest BCUT2D eigenvalue weighted by Crippen LogP contribution is 2.38. The fourth-order valence-corrected chi connectivity index (χ4v) is 3.67. The van der Waals surface area contributed by atoms with Crippen LogP contribution in [0.15, 0.2) is 12.2 Å². The van der Waals surface area contributed by atoms with Crippen LogP contribution >= 0.6 is 0 Å². The van der Waals surface area contributed by atoms with E-state index < -0.39 is 16.6 Å². The van der Waals surface area contributed by atoms with Crippen LogP contribution in [0.1, 0.15) is 48.0 Å².